The van der Waals surface area contributed by atoms with E-state index in [9.17, 15) is 9.59 Å². The molecule has 0 amide bonds. The predicted molar refractivity (Wildman–Crippen MR) is 133 cm³/mol. The van der Waals surface area contributed by atoms with Gasteiger partial charge in [0.1, 0.15) is 5.78 Å². The Hall–Kier alpha value is -0.860. The number of Topliss-reactive ketones (excluding diaryl/α,β-unsaturated/α-hetero) is 1. The van der Waals surface area contributed by atoms with Crippen LogP contribution in [0.2, 0.25) is 0 Å². The van der Waals surface area contributed by atoms with E-state index in [1.807, 2.05) is 48.5 Å². The zero-order valence-corrected chi connectivity index (χ0v) is 23.1. The molecule has 0 saturated heterocycles. The zero-order chi connectivity index (χ0) is 24.8. The van der Waals surface area contributed by atoms with Gasteiger partial charge in [-0.05, 0) is 30.1 Å². The van der Waals surface area contributed by atoms with Gasteiger partial charge in [0.15, 0.2) is 0 Å². The van der Waals surface area contributed by atoms with E-state index in [1.54, 1.807) is 0 Å². The summed E-state index contributed by atoms with van der Waals surface area (Å²) in [5, 5.41) is 0. The van der Waals surface area contributed by atoms with Crippen LogP contribution in [-0.2, 0) is 14.3 Å². The molecule has 0 radical (unpaired) electrons. The van der Waals surface area contributed by atoms with Crippen LogP contribution in [-0.4, -0.2) is 18.4 Å². The molecule has 3 nitrogen and oxygen atoms in total. The number of esters is 1. The summed E-state index contributed by atoms with van der Waals surface area (Å²) in [6, 6.07) is 0. The minimum Gasteiger partial charge on any atom is -0.465 e. The molecular weight excluding hydrogens is 372 g/mol. The monoisotopic (exact) mass is 428 g/mol. The molecule has 0 aromatic rings. The molecule has 182 valence electrons. The van der Waals surface area contributed by atoms with E-state index in [0.29, 0.717) is 23.2 Å². The molecule has 0 aromatic carbocycles. The molecule has 0 bridgehead atoms. The topological polar surface area (TPSA) is 43.4 Å². The highest BCUT2D eigenvalue weighted by Crippen LogP contribution is 2.21. The fraction of sp³-hybridized carbons (Fsp3) is 0.926. The fourth-order valence-electron chi connectivity index (χ4n) is 2.52. The number of carbonyl (C=O) groups excluding carboxylic acids is 2. The van der Waals surface area contributed by atoms with Crippen molar-refractivity contribution in [2.24, 2.45) is 28.1 Å². The summed E-state index contributed by atoms with van der Waals surface area (Å²) in [5.74, 6) is 0.413. The molecule has 0 rings (SSSR count). The molecule has 0 aliphatic heterocycles. The van der Waals surface area contributed by atoms with Crippen LogP contribution in [0.3, 0.4) is 0 Å². The molecule has 0 spiro atoms. The number of ketones is 1. The lowest BCUT2D eigenvalue weighted by Crippen LogP contribution is -2.24. The first-order valence-corrected chi connectivity index (χ1v) is 12.0. The maximum atomic E-state index is 11.2. The molecule has 0 aliphatic carbocycles. The first-order valence-electron chi connectivity index (χ1n) is 12.0. The number of hydrogen-bond acceptors (Lipinski definition) is 3. The first-order chi connectivity index (χ1) is 13.2. The number of ether oxygens (including phenoxy) is 1. The van der Waals surface area contributed by atoms with Crippen LogP contribution in [0, 0.1) is 28.1 Å². The van der Waals surface area contributed by atoms with Crippen LogP contribution in [0.15, 0.2) is 0 Å². The third kappa shape index (κ3) is 27.1. The Morgan fingerprint density at radius 2 is 1.10 bits per heavy atom. The van der Waals surface area contributed by atoms with Crippen molar-refractivity contribution in [3.8, 4) is 0 Å². The first kappa shape index (κ1) is 33.8. The van der Waals surface area contributed by atoms with Crippen LogP contribution < -0.4 is 0 Å². The Morgan fingerprint density at radius 1 is 0.700 bits per heavy atom. The molecule has 0 heterocycles. The molecular formula is C27H56O3. The minimum absolute atomic E-state index is 0.00497. The standard InChI is InChI=1S/C11H22O2.C8H16O.C8H18/c1-9(2)10(12)13-8-6-7-11(3,4)5;1-6(2)7(9)8(3,4)5;1-5-6-7-8(2,3)4/h9H,6-8H2,1-5H3;6H,1-5H3;5-7H2,1-4H3. The average Bonchev–Trinajstić information content (AvgIpc) is 2.54. The lowest BCUT2D eigenvalue weighted by Gasteiger charge is -2.18. The van der Waals surface area contributed by atoms with E-state index < -0.39 is 0 Å². The highest BCUT2D eigenvalue weighted by atomic mass is 16.5. The molecule has 0 atom stereocenters. The maximum absolute atomic E-state index is 11.2. The van der Waals surface area contributed by atoms with E-state index in [4.69, 9.17) is 4.74 Å². The number of hydrogen-bond donors (Lipinski definition) is 0. The summed E-state index contributed by atoms with van der Waals surface area (Å²) >= 11 is 0. The van der Waals surface area contributed by atoms with Gasteiger partial charge in [0, 0.05) is 11.3 Å². The van der Waals surface area contributed by atoms with Crippen molar-refractivity contribution in [1.82, 2.24) is 0 Å². The van der Waals surface area contributed by atoms with Gasteiger partial charge in [0.05, 0.1) is 12.5 Å². The molecule has 0 aliphatic rings. The summed E-state index contributed by atoms with van der Waals surface area (Å²) in [6.07, 6.45) is 6.13. The van der Waals surface area contributed by atoms with Crippen molar-refractivity contribution in [3.05, 3.63) is 0 Å². The van der Waals surface area contributed by atoms with Crippen LogP contribution in [0.1, 0.15) is 129 Å². The van der Waals surface area contributed by atoms with Crippen molar-refractivity contribution in [2.45, 2.75) is 129 Å². The quantitative estimate of drug-likeness (QED) is 0.301. The SMILES string of the molecule is CC(C)C(=O)C(C)(C)C.CC(C)C(=O)OCCCC(C)(C)C.CCCCC(C)(C)C. The van der Waals surface area contributed by atoms with Crippen molar-refractivity contribution >= 4 is 11.8 Å². The molecule has 0 unspecified atom stereocenters. The van der Waals surface area contributed by atoms with E-state index in [1.165, 1.54) is 19.3 Å². The van der Waals surface area contributed by atoms with Gasteiger partial charge in [-0.15, -0.1) is 0 Å². The number of carbonyl (C=O) groups is 2. The highest BCUT2D eigenvalue weighted by Gasteiger charge is 2.23. The summed E-state index contributed by atoms with van der Waals surface area (Å²) in [5.41, 5.74) is 0.731. The van der Waals surface area contributed by atoms with Crippen molar-refractivity contribution < 1.29 is 14.3 Å². The molecule has 0 aromatic heterocycles. The van der Waals surface area contributed by atoms with Gasteiger partial charge in [-0.25, -0.2) is 0 Å². The van der Waals surface area contributed by atoms with Gasteiger partial charge in [-0.2, -0.15) is 0 Å². The third-order valence-electron chi connectivity index (χ3n) is 4.33. The predicted octanol–water partition coefficient (Wildman–Crippen LogP) is 8.49. The molecule has 0 N–H and O–H groups in total. The van der Waals surface area contributed by atoms with E-state index in [2.05, 4.69) is 48.5 Å². The van der Waals surface area contributed by atoms with E-state index >= 15 is 0 Å². The highest BCUT2D eigenvalue weighted by molar-refractivity contribution is 5.85. The fourth-order valence-corrected chi connectivity index (χ4v) is 2.52. The van der Waals surface area contributed by atoms with Crippen molar-refractivity contribution in [2.75, 3.05) is 6.61 Å². The summed E-state index contributed by atoms with van der Waals surface area (Å²) < 4.78 is 5.06. The summed E-state index contributed by atoms with van der Waals surface area (Å²) in [6.45, 7) is 29.7. The van der Waals surface area contributed by atoms with Gasteiger partial charge in [0.2, 0.25) is 0 Å². The lowest BCUT2D eigenvalue weighted by atomic mass is 9.85. The molecule has 0 fully saturated rings. The van der Waals surface area contributed by atoms with Crippen LogP contribution in [0.4, 0.5) is 0 Å². The smallest absolute Gasteiger partial charge is 0.308 e. The van der Waals surface area contributed by atoms with Gasteiger partial charge in [-0.3, -0.25) is 9.59 Å². The Kier molecular flexibility index (Phi) is 17.9. The largest absolute Gasteiger partial charge is 0.465 e. The Labute approximate surface area is 190 Å². The van der Waals surface area contributed by atoms with Crippen molar-refractivity contribution in [1.29, 1.82) is 0 Å². The Morgan fingerprint density at radius 3 is 1.30 bits per heavy atom. The number of unbranched alkanes of at least 4 members (excludes halogenated alkanes) is 1. The Balaban J connectivity index is -0.000000379. The van der Waals surface area contributed by atoms with E-state index in [0.717, 1.165) is 12.8 Å². The average molecular weight is 429 g/mol. The molecule has 0 saturated carbocycles. The van der Waals surface area contributed by atoms with Gasteiger partial charge in [-0.1, -0.05) is 110 Å². The second-order valence-electron chi connectivity index (χ2n) is 12.4. The summed E-state index contributed by atoms with van der Waals surface area (Å²) in [4.78, 5) is 22.2. The second-order valence-corrected chi connectivity index (χ2v) is 12.4. The normalized spacial score (nSPS) is 12.0. The lowest BCUT2D eigenvalue weighted by molar-refractivity contribution is -0.147. The molecule has 30 heavy (non-hydrogen) atoms. The van der Waals surface area contributed by atoms with Crippen molar-refractivity contribution in [3.63, 3.8) is 0 Å². The van der Waals surface area contributed by atoms with Crippen LogP contribution in [0.25, 0.3) is 0 Å². The second kappa shape index (κ2) is 15.9. The summed E-state index contributed by atoms with van der Waals surface area (Å²) in [7, 11) is 0. The number of rotatable bonds is 7. The zero-order valence-electron chi connectivity index (χ0n) is 23.1. The minimum atomic E-state index is -0.159. The maximum Gasteiger partial charge on any atom is 0.308 e. The third-order valence-corrected chi connectivity index (χ3v) is 4.33. The van der Waals surface area contributed by atoms with Gasteiger partial charge < -0.3 is 4.74 Å². The van der Waals surface area contributed by atoms with Gasteiger partial charge >= 0.3 is 5.97 Å². The molecule has 3 heteroatoms. The van der Waals surface area contributed by atoms with Gasteiger partial charge in [0.25, 0.3) is 0 Å². The van der Waals surface area contributed by atoms with E-state index in [-0.39, 0.29) is 23.2 Å². The Bertz CT molecular complexity index is 440. The van der Waals surface area contributed by atoms with Crippen LogP contribution in [0.5, 0.6) is 0 Å². The van der Waals surface area contributed by atoms with Crippen LogP contribution >= 0.6 is 0 Å².